The highest BCUT2D eigenvalue weighted by atomic mass is 32.2. The molecule has 0 aliphatic heterocycles. The number of hydrogen-bond donors (Lipinski definition) is 1. The topological polar surface area (TPSA) is 49.4 Å². The summed E-state index contributed by atoms with van der Waals surface area (Å²) in [4.78, 5) is 0.335. The van der Waals surface area contributed by atoms with Gasteiger partial charge in [0.1, 0.15) is 0 Å². The van der Waals surface area contributed by atoms with Crippen LogP contribution in [0.3, 0.4) is 0 Å². The van der Waals surface area contributed by atoms with E-state index in [0.29, 0.717) is 11.4 Å². The van der Waals surface area contributed by atoms with Gasteiger partial charge < -0.3 is 5.32 Å². The van der Waals surface area contributed by atoms with Crippen molar-refractivity contribution in [3.05, 3.63) is 65.2 Å². The zero-order valence-electron chi connectivity index (χ0n) is 14.8. The van der Waals surface area contributed by atoms with E-state index in [4.69, 9.17) is 0 Å². The summed E-state index contributed by atoms with van der Waals surface area (Å²) in [6.07, 6.45) is 0. The minimum atomic E-state index is -3.41. The summed E-state index contributed by atoms with van der Waals surface area (Å²) >= 11 is 0. The van der Waals surface area contributed by atoms with Gasteiger partial charge in [-0.25, -0.2) is 8.42 Å². The van der Waals surface area contributed by atoms with Gasteiger partial charge in [0.15, 0.2) is 0 Å². The Morgan fingerprint density at radius 3 is 2.21 bits per heavy atom. The fourth-order valence-electron chi connectivity index (χ4n) is 2.37. The van der Waals surface area contributed by atoms with E-state index < -0.39 is 10.0 Å². The van der Waals surface area contributed by atoms with Crippen molar-refractivity contribution in [2.75, 3.05) is 7.05 Å². The highest BCUT2D eigenvalue weighted by molar-refractivity contribution is 7.89. The van der Waals surface area contributed by atoms with Crippen LogP contribution in [0.5, 0.6) is 0 Å². The van der Waals surface area contributed by atoms with Crippen LogP contribution in [0.2, 0.25) is 0 Å². The summed E-state index contributed by atoms with van der Waals surface area (Å²) < 4.78 is 26.3. The summed E-state index contributed by atoms with van der Waals surface area (Å²) in [5, 5.41) is 3.40. The highest BCUT2D eigenvalue weighted by Gasteiger charge is 2.22. The van der Waals surface area contributed by atoms with Crippen molar-refractivity contribution in [3.63, 3.8) is 0 Å². The number of nitrogens with one attached hydrogen (secondary N) is 1. The molecule has 0 saturated carbocycles. The maximum atomic E-state index is 12.4. The van der Waals surface area contributed by atoms with Gasteiger partial charge >= 0.3 is 0 Å². The van der Waals surface area contributed by atoms with E-state index in [2.05, 4.69) is 24.4 Å². The second kappa shape index (κ2) is 7.92. The number of hydrogen-bond acceptors (Lipinski definition) is 3. The summed E-state index contributed by atoms with van der Waals surface area (Å²) in [5.74, 6) is 0. The highest BCUT2D eigenvalue weighted by Crippen LogP contribution is 2.17. The molecule has 0 heterocycles. The molecule has 0 unspecified atom stereocenters. The number of sulfonamides is 1. The number of aryl methyl sites for hydroxylation is 1. The van der Waals surface area contributed by atoms with Crippen LogP contribution >= 0.6 is 0 Å². The van der Waals surface area contributed by atoms with Crippen LogP contribution in [-0.4, -0.2) is 25.8 Å². The standard InChI is InChI=1S/C19H26N2O2S/c1-15(2)21(4)24(22,23)19-11-9-17(10-12-19)13-20-14-18-8-6-5-7-16(18)3/h5-12,15,20H,13-14H2,1-4H3. The van der Waals surface area contributed by atoms with E-state index in [1.165, 1.54) is 15.4 Å². The molecule has 2 aromatic carbocycles. The van der Waals surface area contributed by atoms with Crippen molar-refractivity contribution in [2.24, 2.45) is 0 Å². The van der Waals surface area contributed by atoms with Gasteiger partial charge in [0.25, 0.3) is 0 Å². The van der Waals surface area contributed by atoms with E-state index in [0.717, 1.165) is 12.1 Å². The van der Waals surface area contributed by atoms with Gasteiger partial charge in [0, 0.05) is 26.2 Å². The molecule has 0 amide bonds. The van der Waals surface area contributed by atoms with Crippen LogP contribution in [0, 0.1) is 6.92 Å². The summed E-state index contributed by atoms with van der Waals surface area (Å²) in [7, 11) is -1.80. The van der Waals surface area contributed by atoms with Crippen molar-refractivity contribution in [1.82, 2.24) is 9.62 Å². The molecule has 0 spiro atoms. The third-order valence-corrected chi connectivity index (χ3v) is 6.28. The normalized spacial score (nSPS) is 12.1. The second-order valence-corrected chi connectivity index (χ2v) is 8.29. The van der Waals surface area contributed by atoms with Crippen LogP contribution in [0.25, 0.3) is 0 Å². The predicted molar refractivity (Wildman–Crippen MR) is 98.2 cm³/mol. The summed E-state index contributed by atoms with van der Waals surface area (Å²) in [5.41, 5.74) is 3.60. The third kappa shape index (κ3) is 4.44. The minimum Gasteiger partial charge on any atom is -0.309 e. The number of nitrogens with zero attached hydrogens (tertiary/aromatic N) is 1. The molecule has 4 nitrogen and oxygen atoms in total. The molecule has 1 N–H and O–H groups in total. The monoisotopic (exact) mass is 346 g/mol. The maximum Gasteiger partial charge on any atom is 0.243 e. The molecule has 24 heavy (non-hydrogen) atoms. The lowest BCUT2D eigenvalue weighted by Gasteiger charge is -2.21. The fraction of sp³-hybridized carbons (Fsp3) is 0.368. The van der Waals surface area contributed by atoms with Gasteiger partial charge in [0.05, 0.1) is 4.90 Å². The first kappa shape index (κ1) is 18.6. The number of rotatable bonds is 7. The SMILES string of the molecule is Cc1ccccc1CNCc1ccc(S(=O)(=O)N(C)C(C)C)cc1. The molecule has 2 rings (SSSR count). The molecule has 0 saturated heterocycles. The largest absolute Gasteiger partial charge is 0.309 e. The van der Waals surface area contributed by atoms with Gasteiger partial charge in [0.2, 0.25) is 10.0 Å². The van der Waals surface area contributed by atoms with Crippen molar-refractivity contribution in [2.45, 2.75) is 44.8 Å². The van der Waals surface area contributed by atoms with Crippen LogP contribution in [0.15, 0.2) is 53.4 Å². The molecule has 0 radical (unpaired) electrons. The molecule has 2 aromatic rings. The predicted octanol–water partition coefficient (Wildman–Crippen LogP) is 3.31. The molecule has 0 atom stereocenters. The van der Waals surface area contributed by atoms with Crippen molar-refractivity contribution in [3.8, 4) is 0 Å². The van der Waals surface area contributed by atoms with E-state index in [1.54, 1.807) is 19.2 Å². The van der Waals surface area contributed by atoms with Crippen LogP contribution in [0.1, 0.15) is 30.5 Å². The zero-order chi connectivity index (χ0) is 17.7. The van der Waals surface area contributed by atoms with Crippen molar-refractivity contribution in [1.29, 1.82) is 0 Å². The first-order valence-electron chi connectivity index (χ1n) is 8.14. The van der Waals surface area contributed by atoms with Crippen molar-refractivity contribution >= 4 is 10.0 Å². The van der Waals surface area contributed by atoms with Crippen LogP contribution < -0.4 is 5.32 Å². The van der Waals surface area contributed by atoms with E-state index in [1.807, 2.05) is 38.1 Å². The molecule has 0 bridgehead atoms. The minimum absolute atomic E-state index is 0.0644. The van der Waals surface area contributed by atoms with Crippen LogP contribution in [-0.2, 0) is 23.1 Å². The zero-order valence-corrected chi connectivity index (χ0v) is 15.6. The maximum absolute atomic E-state index is 12.4. The van der Waals surface area contributed by atoms with E-state index in [9.17, 15) is 8.42 Å². The molecule has 130 valence electrons. The van der Waals surface area contributed by atoms with Gasteiger partial charge in [-0.05, 0) is 49.6 Å². The Kier molecular flexibility index (Phi) is 6.15. The molecule has 0 aliphatic rings. The Balaban J connectivity index is 1.99. The lowest BCUT2D eigenvalue weighted by atomic mass is 10.1. The van der Waals surface area contributed by atoms with Gasteiger partial charge in [-0.2, -0.15) is 4.31 Å². The average Bonchev–Trinajstić information content (AvgIpc) is 2.56. The Bertz CT molecular complexity index is 768. The Morgan fingerprint density at radius 2 is 1.62 bits per heavy atom. The lowest BCUT2D eigenvalue weighted by Crippen LogP contribution is -2.33. The average molecular weight is 346 g/mol. The lowest BCUT2D eigenvalue weighted by molar-refractivity contribution is 0.410. The quantitative estimate of drug-likeness (QED) is 0.837. The summed E-state index contributed by atoms with van der Waals surface area (Å²) in [6.45, 7) is 7.32. The van der Waals surface area contributed by atoms with Crippen LogP contribution in [0.4, 0.5) is 0 Å². The van der Waals surface area contributed by atoms with Gasteiger partial charge in [-0.15, -0.1) is 0 Å². The molecule has 5 heteroatoms. The molecule has 0 aliphatic carbocycles. The Hall–Kier alpha value is -1.69. The Morgan fingerprint density at radius 1 is 1.00 bits per heavy atom. The third-order valence-electron chi connectivity index (χ3n) is 4.23. The molecular weight excluding hydrogens is 320 g/mol. The van der Waals surface area contributed by atoms with E-state index >= 15 is 0 Å². The van der Waals surface area contributed by atoms with Gasteiger partial charge in [-0.1, -0.05) is 36.4 Å². The van der Waals surface area contributed by atoms with Crippen molar-refractivity contribution < 1.29 is 8.42 Å². The first-order valence-corrected chi connectivity index (χ1v) is 9.58. The molecular formula is C19H26N2O2S. The van der Waals surface area contributed by atoms with E-state index in [-0.39, 0.29) is 6.04 Å². The fourth-order valence-corrected chi connectivity index (χ4v) is 3.74. The summed E-state index contributed by atoms with van der Waals surface area (Å²) in [6, 6.07) is 15.3. The molecule has 0 aromatic heterocycles. The first-order chi connectivity index (χ1) is 11.3. The smallest absolute Gasteiger partial charge is 0.243 e. The second-order valence-electron chi connectivity index (χ2n) is 6.29. The van der Waals surface area contributed by atoms with Gasteiger partial charge in [-0.3, -0.25) is 0 Å². The molecule has 0 fully saturated rings. The Labute approximate surface area is 145 Å². The number of benzene rings is 2.